The number of amides is 3. The Morgan fingerprint density at radius 3 is 2.32 bits per heavy atom. The molecule has 214 valence electrons. The van der Waals surface area contributed by atoms with Crippen LogP contribution in [-0.4, -0.2) is 64.6 Å². The minimum atomic E-state index is -0.627. The number of unbranched alkanes of at least 4 members (excludes halogenated alkanes) is 1. The summed E-state index contributed by atoms with van der Waals surface area (Å²) < 4.78 is 5.84. The lowest BCUT2D eigenvalue weighted by Crippen LogP contribution is -2.55. The Labute approximate surface area is 227 Å². The van der Waals surface area contributed by atoms with Gasteiger partial charge in [0.1, 0.15) is 6.04 Å². The van der Waals surface area contributed by atoms with Gasteiger partial charge in [-0.3, -0.25) is 14.4 Å². The van der Waals surface area contributed by atoms with Gasteiger partial charge in [-0.15, -0.1) is 0 Å². The number of likely N-dealkylation sites (tertiary alicyclic amines) is 1. The van der Waals surface area contributed by atoms with Gasteiger partial charge < -0.3 is 31.5 Å². The molecule has 6 N–H and O–H groups in total. The van der Waals surface area contributed by atoms with Crippen LogP contribution in [0.25, 0.3) is 0 Å². The largest absolute Gasteiger partial charge is 0.391 e. The second kappa shape index (κ2) is 14.6. The van der Waals surface area contributed by atoms with Gasteiger partial charge in [0.2, 0.25) is 17.7 Å². The summed E-state index contributed by atoms with van der Waals surface area (Å²) in [5.41, 5.74) is 13.0. The molecule has 1 aromatic rings. The molecule has 1 fully saturated rings. The number of carbonyl (C=O) groups is 3. The summed E-state index contributed by atoms with van der Waals surface area (Å²) >= 11 is 0. The standard InChI is InChI=1S/C29H48N4O5/c1-19-16-23(34)17-33(19)28(37)27(29(3,4)5)32-26(36)9-7-6-8-21-10-12-22(13-11-21)18-38-20(2)24(30)14-15-25(31)35/h10-13,19-20,23-24,27,34H,6-9,14-18,30H2,1-5H3,(H2,31,35)(H,32,36)/t19-,20-,23-,24+,27-/m1/s1. The number of β-amino-alcohol motifs (C(OH)–C–C–N with tert-alkyl or cyclic N) is 1. The van der Waals surface area contributed by atoms with E-state index in [-0.39, 0.29) is 42.3 Å². The van der Waals surface area contributed by atoms with Crippen molar-refractivity contribution in [3.05, 3.63) is 35.4 Å². The minimum Gasteiger partial charge on any atom is -0.391 e. The van der Waals surface area contributed by atoms with Gasteiger partial charge in [0.15, 0.2) is 0 Å². The average molecular weight is 533 g/mol. The quantitative estimate of drug-likeness (QED) is 0.271. The van der Waals surface area contributed by atoms with E-state index < -0.39 is 17.6 Å². The van der Waals surface area contributed by atoms with Crippen LogP contribution in [0.15, 0.2) is 24.3 Å². The highest BCUT2D eigenvalue weighted by molar-refractivity contribution is 5.88. The number of ether oxygens (including phenoxy) is 1. The zero-order chi connectivity index (χ0) is 28.5. The third-order valence-electron chi connectivity index (χ3n) is 7.24. The predicted octanol–water partition coefficient (Wildman–Crippen LogP) is 2.41. The molecule has 9 nitrogen and oxygen atoms in total. The first-order valence-corrected chi connectivity index (χ1v) is 13.8. The minimum absolute atomic E-state index is 0.0357. The number of aryl methyl sites for hydroxylation is 1. The first-order chi connectivity index (χ1) is 17.8. The first kappa shape index (κ1) is 31.7. The summed E-state index contributed by atoms with van der Waals surface area (Å²) in [4.78, 5) is 38.5. The number of primary amides is 1. The smallest absolute Gasteiger partial charge is 0.246 e. The number of hydrogen-bond donors (Lipinski definition) is 4. The SMILES string of the molecule is C[C@@H]1C[C@@H](O)CN1C(=O)[C@@H](NC(=O)CCCCc1ccc(CO[C@H](C)[C@@H](N)CCC(N)=O)cc1)C(C)(C)C. The monoisotopic (exact) mass is 532 g/mol. The molecule has 1 aromatic carbocycles. The fourth-order valence-corrected chi connectivity index (χ4v) is 4.67. The van der Waals surface area contributed by atoms with E-state index in [1.807, 2.05) is 46.8 Å². The van der Waals surface area contributed by atoms with Crippen LogP contribution in [-0.2, 0) is 32.1 Å². The lowest BCUT2D eigenvalue weighted by molar-refractivity contribution is -0.140. The van der Waals surface area contributed by atoms with Crippen molar-refractivity contribution < 1.29 is 24.2 Å². The number of aliphatic hydroxyl groups excluding tert-OH is 1. The van der Waals surface area contributed by atoms with Crippen molar-refractivity contribution in [2.45, 2.75) is 117 Å². The number of nitrogens with one attached hydrogen (secondary N) is 1. The molecular formula is C29H48N4O5. The van der Waals surface area contributed by atoms with Gasteiger partial charge in [-0.25, -0.2) is 0 Å². The van der Waals surface area contributed by atoms with E-state index in [9.17, 15) is 19.5 Å². The Kier molecular flexibility index (Phi) is 12.2. The van der Waals surface area contributed by atoms with E-state index in [4.69, 9.17) is 16.2 Å². The Hall–Kier alpha value is -2.49. The number of rotatable bonds is 14. The highest BCUT2D eigenvalue weighted by Gasteiger charge is 2.40. The summed E-state index contributed by atoms with van der Waals surface area (Å²) in [7, 11) is 0. The topological polar surface area (TPSA) is 148 Å². The van der Waals surface area contributed by atoms with E-state index in [0.29, 0.717) is 32.4 Å². The molecule has 0 aromatic heterocycles. The molecule has 0 bridgehead atoms. The molecule has 1 aliphatic heterocycles. The Morgan fingerprint density at radius 1 is 1.13 bits per heavy atom. The van der Waals surface area contributed by atoms with E-state index in [1.165, 1.54) is 5.56 Å². The average Bonchev–Trinajstić information content (AvgIpc) is 3.19. The van der Waals surface area contributed by atoms with Crippen molar-refractivity contribution in [2.75, 3.05) is 6.54 Å². The highest BCUT2D eigenvalue weighted by atomic mass is 16.5. The number of carbonyl (C=O) groups excluding carboxylic acids is 3. The number of hydrogen-bond acceptors (Lipinski definition) is 6. The number of nitrogens with two attached hydrogens (primary N) is 2. The van der Waals surface area contributed by atoms with Crippen molar-refractivity contribution in [2.24, 2.45) is 16.9 Å². The maximum absolute atomic E-state index is 13.2. The Bertz CT molecular complexity index is 915. The summed E-state index contributed by atoms with van der Waals surface area (Å²) in [6.07, 6.45) is 3.43. The maximum atomic E-state index is 13.2. The first-order valence-electron chi connectivity index (χ1n) is 13.8. The zero-order valence-electron chi connectivity index (χ0n) is 23.7. The predicted molar refractivity (Wildman–Crippen MR) is 148 cm³/mol. The molecule has 9 heteroatoms. The molecule has 1 saturated heterocycles. The van der Waals surface area contributed by atoms with E-state index in [0.717, 1.165) is 24.8 Å². The van der Waals surface area contributed by atoms with Crippen LogP contribution >= 0.6 is 0 Å². The van der Waals surface area contributed by atoms with E-state index >= 15 is 0 Å². The lowest BCUT2D eigenvalue weighted by Gasteiger charge is -2.35. The van der Waals surface area contributed by atoms with Crippen LogP contribution in [0.4, 0.5) is 0 Å². The van der Waals surface area contributed by atoms with Gasteiger partial charge in [-0.05, 0) is 62.5 Å². The van der Waals surface area contributed by atoms with Crippen LogP contribution < -0.4 is 16.8 Å². The van der Waals surface area contributed by atoms with Gasteiger partial charge in [-0.1, -0.05) is 45.0 Å². The summed E-state index contributed by atoms with van der Waals surface area (Å²) in [6.45, 7) is 10.4. The number of benzene rings is 1. The molecule has 0 saturated carbocycles. The summed E-state index contributed by atoms with van der Waals surface area (Å²) in [5.74, 6) is -0.607. The normalized spacial score (nSPS) is 20.1. The molecule has 0 spiro atoms. The molecule has 1 aliphatic rings. The van der Waals surface area contributed by atoms with Crippen LogP contribution in [0.5, 0.6) is 0 Å². The summed E-state index contributed by atoms with van der Waals surface area (Å²) in [6, 6.07) is 7.28. The molecular weight excluding hydrogens is 484 g/mol. The van der Waals surface area contributed by atoms with Gasteiger partial charge in [0, 0.05) is 31.5 Å². The number of aliphatic hydroxyl groups is 1. The van der Waals surface area contributed by atoms with Gasteiger partial charge >= 0.3 is 0 Å². The zero-order valence-corrected chi connectivity index (χ0v) is 23.7. The molecule has 3 amide bonds. The van der Waals surface area contributed by atoms with E-state index in [2.05, 4.69) is 17.4 Å². The molecule has 0 radical (unpaired) electrons. The molecule has 0 unspecified atom stereocenters. The van der Waals surface area contributed by atoms with Crippen LogP contribution in [0.1, 0.15) is 84.3 Å². The molecule has 38 heavy (non-hydrogen) atoms. The van der Waals surface area contributed by atoms with Gasteiger partial charge in [-0.2, -0.15) is 0 Å². The van der Waals surface area contributed by atoms with Crippen molar-refractivity contribution in [3.63, 3.8) is 0 Å². The Morgan fingerprint density at radius 2 is 1.76 bits per heavy atom. The van der Waals surface area contributed by atoms with E-state index in [1.54, 1.807) is 4.90 Å². The van der Waals surface area contributed by atoms with Crippen LogP contribution in [0, 0.1) is 5.41 Å². The van der Waals surface area contributed by atoms with Gasteiger partial charge in [0.05, 0.1) is 18.8 Å². The van der Waals surface area contributed by atoms with Crippen molar-refractivity contribution in [1.82, 2.24) is 10.2 Å². The van der Waals surface area contributed by atoms with Crippen molar-refractivity contribution in [1.29, 1.82) is 0 Å². The van der Waals surface area contributed by atoms with Crippen LogP contribution in [0.2, 0.25) is 0 Å². The Balaban J connectivity index is 1.74. The maximum Gasteiger partial charge on any atom is 0.246 e. The summed E-state index contributed by atoms with van der Waals surface area (Å²) in [5, 5.41) is 12.9. The highest BCUT2D eigenvalue weighted by Crippen LogP contribution is 2.26. The number of nitrogens with zero attached hydrogens (tertiary/aromatic N) is 1. The third-order valence-corrected chi connectivity index (χ3v) is 7.24. The van der Waals surface area contributed by atoms with Gasteiger partial charge in [0.25, 0.3) is 0 Å². The van der Waals surface area contributed by atoms with Crippen molar-refractivity contribution in [3.8, 4) is 0 Å². The molecule has 5 atom stereocenters. The fourth-order valence-electron chi connectivity index (χ4n) is 4.67. The molecule has 0 aliphatic carbocycles. The third kappa shape index (κ3) is 10.3. The fraction of sp³-hybridized carbons (Fsp3) is 0.690. The van der Waals surface area contributed by atoms with Crippen LogP contribution in [0.3, 0.4) is 0 Å². The molecule has 1 heterocycles. The van der Waals surface area contributed by atoms with Crippen molar-refractivity contribution >= 4 is 17.7 Å². The second-order valence-corrected chi connectivity index (χ2v) is 11.8. The molecule has 2 rings (SSSR count). The second-order valence-electron chi connectivity index (χ2n) is 11.8. The lowest BCUT2D eigenvalue weighted by atomic mass is 9.85.